The fourth-order valence-corrected chi connectivity index (χ4v) is 2.73. The molecule has 1 atom stereocenters. The summed E-state index contributed by atoms with van der Waals surface area (Å²) < 4.78 is 19.9. The molecule has 2 aromatic carbocycles. The van der Waals surface area contributed by atoms with Crippen molar-refractivity contribution in [2.24, 2.45) is 5.84 Å². The maximum atomic E-state index is 13.5. The van der Waals surface area contributed by atoms with E-state index in [1.54, 1.807) is 0 Å². The molecule has 3 rings (SSSR count). The van der Waals surface area contributed by atoms with Gasteiger partial charge < -0.3 is 4.74 Å². The highest BCUT2D eigenvalue weighted by Crippen LogP contribution is 2.29. The van der Waals surface area contributed by atoms with Crippen molar-refractivity contribution in [2.75, 3.05) is 0 Å². The van der Waals surface area contributed by atoms with E-state index in [4.69, 9.17) is 10.6 Å². The third kappa shape index (κ3) is 3.61. The summed E-state index contributed by atoms with van der Waals surface area (Å²) in [4.78, 5) is 0. The summed E-state index contributed by atoms with van der Waals surface area (Å²) in [7, 11) is 0. The molecule has 1 aliphatic rings. The van der Waals surface area contributed by atoms with Gasteiger partial charge in [-0.15, -0.1) is 0 Å². The van der Waals surface area contributed by atoms with E-state index in [0.29, 0.717) is 10.6 Å². The standard InChI is InChI=1S/C16H16BrFN2O/c17-12-7-11(8-13(18)9-12)16(20-19)10-1-3-14(4-2-10)21-15-5-6-15/h1-4,7-9,15-16,20H,5-6,19H2. The van der Waals surface area contributed by atoms with Gasteiger partial charge in [-0.2, -0.15) is 0 Å². The fraction of sp³-hybridized carbons (Fsp3) is 0.250. The van der Waals surface area contributed by atoms with Crippen LogP contribution in [0.4, 0.5) is 4.39 Å². The number of benzene rings is 2. The number of nitrogens with one attached hydrogen (secondary N) is 1. The molecule has 1 fully saturated rings. The summed E-state index contributed by atoms with van der Waals surface area (Å²) in [5, 5.41) is 0. The predicted octanol–water partition coefficient (Wildman–Crippen LogP) is 3.68. The first-order valence-corrected chi connectivity index (χ1v) is 7.64. The van der Waals surface area contributed by atoms with Gasteiger partial charge in [0.15, 0.2) is 0 Å². The van der Waals surface area contributed by atoms with E-state index >= 15 is 0 Å². The van der Waals surface area contributed by atoms with Gasteiger partial charge in [0.2, 0.25) is 0 Å². The maximum absolute atomic E-state index is 13.5. The van der Waals surface area contributed by atoms with Gasteiger partial charge in [0, 0.05) is 4.47 Å². The summed E-state index contributed by atoms with van der Waals surface area (Å²) in [5.41, 5.74) is 4.45. The minimum absolute atomic E-state index is 0.271. The van der Waals surface area contributed by atoms with Gasteiger partial charge in [-0.05, 0) is 54.3 Å². The molecule has 0 amide bonds. The smallest absolute Gasteiger partial charge is 0.124 e. The van der Waals surface area contributed by atoms with E-state index in [2.05, 4.69) is 21.4 Å². The second kappa shape index (κ2) is 6.13. The molecule has 2 aromatic rings. The second-order valence-electron chi connectivity index (χ2n) is 5.19. The quantitative estimate of drug-likeness (QED) is 0.638. The maximum Gasteiger partial charge on any atom is 0.124 e. The summed E-state index contributed by atoms with van der Waals surface area (Å²) in [6.07, 6.45) is 2.64. The molecule has 3 nitrogen and oxygen atoms in total. The van der Waals surface area contributed by atoms with Crippen LogP contribution < -0.4 is 16.0 Å². The lowest BCUT2D eigenvalue weighted by molar-refractivity contribution is 0.303. The number of ether oxygens (including phenoxy) is 1. The first-order chi connectivity index (χ1) is 10.2. The van der Waals surface area contributed by atoms with Crippen molar-refractivity contribution in [3.8, 4) is 5.75 Å². The predicted molar refractivity (Wildman–Crippen MR) is 83.4 cm³/mol. The van der Waals surface area contributed by atoms with Crippen LogP contribution in [0.15, 0.2) is 46.9 Å². The van der Waals surface area contributed by atoms with Gasteiger partial charge in [0.05, 0.1) is 12.1 Å². The summed E-state index contributed by atoms with van der Waals surface area (Å²) >= 11 is 3.30. The number of hydrogen-bond acceptors (Lipinski definition) is 3. The molecule has 3 N–H and O–H groups in total. The summed E-state index contributed by atoms with van der Waals surface area (Å²) in [6.45, 7) is 0. The molecule has 0 bridgehead atoms. The van der Waals surface area contributed by atoms with Gasteiger partial charge in [-0.25, -0.2) is 9.82 Å². The van der Waals surface area contributed by atoms with E-state index in [1.165, 1.54) is 12.1 Å². The summed E-state index contributed by atoms with van der Waals surface area (Å²) in [5.74, 6) is 6.21. The number of halogens is 2. The number of rotatable bonds is 5. The Morgan fingerprint density at radius 3 is 2.43 bits per heavy atom. The van der Waals surface area contributed by atoms with Crippen LogP contribution in [-0.2, 0) is 0 Å². The Bertz CT molecular complexity index is 608. The Kier molecular flexibility index (Phi) is 4.24. The highest BCUT2D eigenvalue weighted by Gasteiger charge is 2.23. The molecule has 0 radical (unpaired) electrons. The van der Waals surface area contributed by atoms with E-state index in [0.717, 1.165) is 29.7 Å². The highest BCUT2D eigenvalue weighted by molar-refractivity contribution is 9.10. The fourth-order valence-electron chi connectivity index (χ4n) is 2.24. The molecular formula is C16H16BrFN2O. The minimum atomic E-state index is -0.298. The molecule has 110 valence electrons. The molecule has 1 aliphatic carbocycles. The average molecular weight is 351 g/mol. The van der Waals surface area contributed by atoms with E-state index in [1.807, 2.05) is 30.3 Å². The van der Waals surface area contributed by atoms with Gasteiger partial charge in [-0.3, -0.25) is 5.84 Å². The van der Waals surface area contributed by atoms with Crippen molar-refractivity contribution in [2.45, 2.75) is 25.0 Å². The molecule has 1 unspecified atom stereocenters. The second-order valence-corrected chi connectivity index (χ2v) is 6.10. The molecule has 0 saturated heterocycles. The summed E-state index contributed by atoms with van der Waals surface area (Å²) in [6, 6.07) is 12.2. The Morgan fingerprint density at radius 2 is 1.86 bits per heavy atom. The van der Waals surface area contributed by atoms with Gasteiger partial charge in [0.25, 0.3) is 0 Å². The zero-order chi connectivity index (χ0) is 14.8. The lowest BCUT2D eigenvalue weighted by Crippen LogP contribution is -2.28. The van der Waals surface area contributed by atoms with Crippen LogP contribution >= 0.6 is 15.9 Å². The van der Waals surface area contributed by atoms with Crippen molar-refractivity contribution in [3.05, 3.63) is 63.9 Å². The van der Waals surface area contributed by atoms with Crippen LogP contribution in [0, 0.1) is 5.82 Å². The SMILES string of the molecule is NNC(c1ccc(OC2CC2)cc1)c1cc(F)cc(Br)c1. The number of nitrogens with two attached hydrogens (primary N) is 1. The van der Waals surface area contributed by atoms with Gasteiger partial charge >= 0.3 is 0 Å². The molecule has 0 aromatic heterocycles. The molecule has 0 heterocycles. The van der Waals surface area contributed by atoms with E-state index in [9.17, 15) is 4.39 Å². The molecule has 1 saturated carbocycles. The van der Waals surface area contributed by atoms with Crippen molar-refractivity contribution < 1.29 is 9.13 Å². The molecule has 0 aliphatic heterocycles. The van der Waals surface area contributed by atoms with Crippen LogP contribution in [0.25, 0.3) is 0 Å². The largest absolute Gasteiger partial charge is 0.490 e. The van der Waals surface area contributed by atoms with E-state index < -0.39 is 0 Å². The Balaban J connectivity index is 1.84. The first kappa shape index (κ1) is 14.5. The van der Waals surface area contributed by atoms with Crippen molar-refractivity contribution in [1.29, 1.82) is 0 Å². The van der Waals surface area contributed by atoms with Gasteiger partial charge in [0.1, 0.15) is 11.6 Å². The zero-order valence-electron chi connectivity index (χ0n) is 11.4. The average Bonchev–Trinajstić information content (AvgIpc) is 3.24. The van der Waals surface area contributed by atoms with E-state index in [-0.39, 0.29) is 11.9 Å². The van der Waals surface area contributed by atoms with Crippen molar-refractivity contribution in [3.63, 3.8) is 0 Å². The monoisotopic (exact) mass is 350 g/mol. The highest BCUT2D eigenvalue weighted by atomic mass is 79.9. The van der Waals surface area contributed by atoms with Crippen LogP contribution in [-0.4, -0.2) is 6.10 Å². The lowest BCUT2D eigenvalue weighted by atomic mass is 9.99. The Morgan fingerprint density at radius 1 is 1.14 bits per heavy atom. The minimum Gasteiger partial charge on any atom is -0.490 e. The van der Waals surface area contributed by atoms with Crippen LogP contribution in [0.5, 0.6) is 5.75 Å². The third-order valence-corrected chi connectivity index (χ3v) is 3.88. The zero-order valence-corrected chi connectivity index (χ0v) is 12.9. The number of hydrogen-bond donors (Lipinski definition) is 2. The molecular weight excluding hydrogens is 335 g/mol. The van der Waals surface area contributed by atoms with Crippen molar-refractivity contribution >= 4 is 15.9 Å². The topological polar surface area (TPSA) is 47.3 Å². The normalized spacial score (nSPS) is 15.8. The lowest BCUT2D eigenvalue weighted by Gasteiger charge is -2.18. The van der Waals surface area contributed by atoms with Crippen molar-refractivity contribution in [1.82, 2.24) is 5.43 Å². The molecule has 5 heteroatoms. The third-order valence-electron chi connectivity index (χ3n) is 3.43. The molecule has 0 spiro atoms. The Labute approximate surface area is 131 Å². The number of hydrazine groups is 1. The molecule has 21 heavy (non-hydrogen) atoms. The first-order valence-electron chi connectivity index (χ1n) is 6.84. The van der Waals surface area contributed by atoms with Crippen LogP contribution in [0.3, 0.4) is 0 Å². The van der Waals surface area contributed by atoms with Gasteiger partial charge in [-0.1, -0.05) is 28.1 Å². The van der Waals surface area contributed by atoms with Crippen LogP contribution in [0.1, 0.15) is 30.0 Å². The van der Waals surface area contributed by atoms with Crippen LogP contribution in [0.2, 0.25) is 0 Å². The Hall–Kier alpha value is -1.43.